The second-order valence-electron chi connectivity index (χ2n) is 5.29. The Bertz CT molecular complexity index is 549. The lowest BCUT2D eigenvalue weighted by Crippen LogP contribution is -2.50. The molecule has 0 radical (unpaired) electrons. The van der Waals surface area contributed by atoms with Crippen molar-refractivity contribution in [2.75, 3.05) is 20.3 Å². The molecule has 1 aromatic carbocycles. The monoisotopic (exact) mass is 293 g/mol. The summed E-state index contributed by atoms with van der Waals surface area (Å²) in [6.45, 7) is 2.55. The van der Waals surface area contributed by atoms with Crippen molar-refractivity contribution in [1.82, 2.24) is 5.32 Å². The maximum Gasteiger partial charge on any atom is 0.305 e. The smallest absolute Gasteiger partial charge is 0.305 e. The Labute approximate surface area is 123 Å². The summed E-state index contributed by atoms with van der Waals surface area (Å²) in [5, 5.41) is 11.8. The number of hydrogen-bond donors (Lipinski definition) is 2. The van der Waals surface area contributed by atoms with Gasteiger partial charge in [-0.3, -0.25) is 9.59 Å². The summed E-state index contributed by atoms with van der Waals surface area (Å²) in [6.07, 6.45) is 0.343. The lowest BCUT2D eigenvalue weighted by atomic mass is 9.93. The zero-order valence-corrected chi connectivity index (χ0v) is 12.1. The van der Waals surface area contributed by atoms with Gasteiger partial charge >= 0.3 is 5.97 Å². The number of amides is 1. The molecule has 6 nitrogen and oxygen atoms in total. The SMILES string of the molecule is COc1cc(C(=O)NC2(CC(=O)O)CCOC2)ccc1C. The Morgan fingerprint density at radius 3 is 2.81 bits per heavy atom. The number of aryl methyl sites for hydroxylation is 1. The molecule has 1 aromatic rings. The Morgan fingerprint density at radius 1 is 1.48 bits per heavy atom. The molecule has 114 valence electrons. The number of methoxy groups -OCH3 is 1. The first kappa shape index (κ1) is 15.3. The van der Waals surface area contributed by atoms with Crippen LogP contribution in [0.15, 0.2) is 18.2 Å². The summed E-state index contributed by atoms with van der Waals surface area (Å²) in [7, 11) is 1.54. The summed E-state index contributed by atoms with van der Waals surface area (Å²) < 4.78 is 10.5. The summed E-state index contributed by atoms with van der Waals surface area (Å²) in [4.78, 5) is 23.3. The average Bonchev–Trinajstić information content (AvgIpc) is 2.86. The predicted octanol–water partition coefficient (Wildman–Crippen LogP) is 1.37. The molecule has 1 saturated heterocycles. The number of rotatable bonds is 5. The molecule has 1 unspecified atom stereocenters. The summed E-state index contributed by atoms with van der Waals surface area (Å²) in [5.41, 5.74) is 0.536. The van der Waals surface area contributed by atoms with E-state index in [9.17, 15) is 9.59 Å². The molecule has 1 heterocycles. The van der Waals surface area contributed by atoms with Gasteiger partial charge in [0.15, 0.2) is 0 Å². The van der Waals surface area contributed by atoms with Gasteiger partial charge in [-0.1, -0.05) is 6.07 Å². The molecule has 21 heavy (non-hydrogen) atoms. The molecule has 0 aromatic heterocycles. The largest absolute Gasteiger partial charge is 0.496 e. The molecule has 6 heteroatoms. The lowest BCUT2D eigenvalue weighted by molar-refractivity contribution is -0.138. The minimum atomic E-state index is -0.956. The number of benzene rings is 1. The van der Waals surface area contributed by atoms with Gasteiger partial charge in [-0.2, -0.15) is 0 Å². The molecular formula is C15H19NO5. The number of carboxylic acid groups (broad SMARTS) is 1. The van der Waals surface area contributed by atoms with E-state index in [-0.39, 0.29) is 18.9 Å². The van der Waals surface area contributed by atoms with Crippen LogP contribution in [0.5, 0.6) is 5.75 Å². The van der Waals surface area contributed by atoms with Crippen molar-refractivity contribution < 1.29 is 24.2 Å². The second-order valence-corrected chi connectivity index (χ2v) is 5.29. The van der Waals surface area contributed by atoms with Crippen LogP contribution in [0.4, 0.5) is 0 Å². The molecule has 0 saturated carbocycles. The number of carbonyl (C=O) groups is 2. The Kier molecular flexibility index (Phi) is 4.47. The van der Waals surface area contributed by atoms with E-state index in [0.717, 1.165) is 5.56 Å². The molecule has 1 atom stereocenters. The maximum atomic E-state index is 12.4. The molecule has 1 amide bonds. The fourth-order valence-corrected chi connectivity index (χ4v) is 2.45. The maximum absolute atomic E-state index is 12.4. The molecule has 0 spiro atoms. The third kappa shape index (κ3) is 3.52. The van der Waals surface area contributed by atoms with Crippen molar-refractivity contribution in [3.05, 3.63) is 29.3 Å². The minimum Gasteiger partial charge on any atom is -0.496 e. The number of carboxylic acids is 1. The molecule has 2 N–H and O–H groups in total. The molecule has 0 aliphatic carbocycles. The van der Waals surface area contributed by atoms with Crippen LogP contribution in [0.1, 0.15) is 28.8 Å². The van der Waals surface area contributed by atoms with Gasteiger partial charge in [0.05, 0.1) is 25.7 Å². The Hall–Kier alpha value is -2.08. The Balaban J connectivity index is 2.17. The minimum absolute atomic E-state index is 0.151. The van der Waals surface area contributed by atoms with Crippen LogP contribution < -0.4 is 10.1 Å². The highest BCUT2D eigenvalue weighted by Crippen LogP contribution is 2.24. The number of ether oxygens (including phenoxy) is 2. The highest BCUT2D eigenvalue weighted by molar-refractivity contribution is 5.95. The van der Waals surface area contributed by atoms with Crippen LogP contribution in [0.2, 0.25) is 0 Å². The predicted molar refractivity (Wildman–Crippen MR) is 75.6 cm³/mol. The third-order valence-corrected chi connectivity index (χ3v) is 3.64. The normalized spacial score (nSPS) is 21.0. The van der Waals surface area contributed by atoms with Crippen LogP contribution in [0, 0.1) is 6.92 Å². The standard InChI is InChI=1S/C15H19NO5/c1-10-3-4-11(7-12(10)20-2)14(19)16-15(8-13(17)18)5-6-21-9-15/h3-4,7H,5-6,8-9H2,1-2H3,(H,16,19)(H,17,18). The van der Waals surface area contributed by atoms with Crippen molar-refractivity contribution in [2.45, 2.75) is 25.3 Å². The number of hydrogen-bond acceptors (Lipinski definition) is 4. The summed E-state index contributed by atoms with van der Waals surface area (Å²) in [5.74, 6) is -0.653. The van der Waals surface area contributed by atoms with Crippen molar-refractivity contribution in [2.24, 2.45) is 0 Å². The van der Waals surface area contributed by atoms with Crippen LogP contribution >= 0.6 is 0 Å². The van der Waals surface area contributed by atoms with Gasteiger partial charge in [0.2, 0.25) is 0 Å². The van der Waals surface area contributed by atoms with Gasteiger partial charge in [-0.25, -0.2) is 0 Å². The second kappa shape index (κ2) is 6.13. The van der Waals surface area contributed by atoms with Gasteiger partial charge in [0.1, 0.15) is 5.75 Å². The summed E-state index contributed by atoms with van der Waals surface area (Å²) >= 11 is 0. The first-order valence-corrected chi connectivity index (χ1v) is 6.72. The molecule has 0 bridgehead atoms. The van der Waals surface area contributed by atoms with E-state index in [1.54, 1.807) is 25.3 Å². The van der Waals surface area contributed by atoms with Crippen molar-refractivity contribution in [3.8, 4) is 5.75 Å². The van der Waals surface area contributed by atoms with E-state index < -0.39 is 11.5 Å². The van der Waals surface area contributed by atoms with E-state index in [4.69, 9.17) is 14.6 Å². The van der Waals surface area contributed by atoms with Gasteiger partial charge in [-0.05, 0) is 31.0 Å². The van der Waals surface area contributed by atoms with Crippen molar-refractivity contribution in [1.29, 1.82) is 0 Å². The topological polar surface area (TPSA) is 84.9 Å². The number of carbonyl (C=O) groups excluding carboxylic acids is 1. The molecular weight excluding hydrogens is 274 g/mol. The first-order valence-electron chi connectivity index (χ1n) is 6.72. The van der Waals surface area contributed by atoms with E-state index in [0.29, 0.717) is 24.3 Å². The molecule has 1 aliphatic rings. The van der Waals surface area contributed by atoms with Gasteiger partial charge < -0.3 is 19.9 Å². The fourth-order valence-electron chi connectivity index (χ4n) is 2.45. The van der Waals surface area contributed by atoms with E-state index in [1.807, 2.05) is 6.92 Å². The zero-order chi connectivity index (χ0) is 15.5. The third-order valence-electron chi connectivity index (χ3n) is 3.64. The average molecular weight is 293 g/mol. The lowest BCUT2D eigenvalue weighted by Gasteiger charge is -2.27. The van der Waals surface area contributed by atoms with Crippen LogP contribution in [0.3, 0.4) is 0 Å². The van der Waals surface area contributed by atoms with Crippen LogP contribution in [0.25, 0.3) is 0 Å². The fraction of sp³-hybridized carbons (Fsp3) is 0.467. The van der Waals surface area contributed by atoms with Crippen LogP contribution in [-0.4, -0.2) is 42.8 Å². The van der Waals surface area contributed by atoms with Crippen molar-refractivity contribution in [3.63, 3.8) is 0 Å². The van der Waals surface area contributed by atoms with Crippen molar-refractivity contribution >= 4 is 11.9 Å². The van der Waals surface area contributed by atoms with Crippen LogP contribution in [-0.2, 0) is 9.53 Å². The van der Waals surface area contributed by atoms with E-state index >= 15 is 0 Å². The highest BCUT2D eigenvalue weighted by Gasteiger charge is 2.38. The number of aliphatic carboxylic acids is 1. The molecule has 2 rings (SSSR count). The zero-order valence-electron chi connectivity index (χ0n) is 12.1. The van der Waals surface area contributed by atoms with Gasteiger partial charge in [-0.15, -0.1) is 0 Å². The highest BCUT2D eigenvalue weighted by atomic mass is 16.5. The Morgan fingerprint density at radius 2 is 2.24 bits per heavy atom. The molecule has 1 fully saturated rings. The summed E-state index contributed by atoms with van der Waals surface area (Å²) in [6, 6.07) is 5.13. The quantitative estimate of drug-likeness (QED) is 0.856. The van der Waals surface area contributed by atoms with Gasteiger partial charge in [0.25, 0.3) is 5.91 Å². The first-order chi connectivity index (χ1) is 9.96. The van der Waals surface area contributed by atoms with E-state index in [1.165, 1.54) is 0 Å². The van der Waals surface area contributed by atoms with Gasteiger partial charge in [0, 0.05) is 12.2 Å². The van der Waals surface area contributed by atoms with E-state index in [2.05, 4.69) is 5.32 Å². The number of nitrogens with one attached hydrogen (secondary N) is 1. The molecule has 1 aliphatic heterocycles.